The molecule has 222 valence electrons. The Hall–Kier alpha value is -4.13. The number of aromatic nitrogens is 2. The van der Waals surface area contributed by atoms with Gasteiger partial charge in [-0.05, 0) is 24.6 Å². The first-order valence-electron chi connectivity index (χ1n) is 12.5. The third-order valence-corrected chi connectivity index (χ3v) is 7.81. The summed E-state index contributed by atoms with van der Waals surface area (Å²) in [6, 6.07) is 16.2. The number of aliphatic hydroxyl groups excluding tert-OH is 2. The van der Waals surface area contributed by atoms with Crippen molar-refractivity contribution in [2.24, 2.45) is 5.73 Å². The second-order valence-corrected chi connectivity index (χ2v) is 11.0. The van der Waals surface area contributed by atoms with E-state index < -0.39 is 61.8 Å². The lowest BCUT2D eigenvalue weighted by Gasteiger charge is -2.30. The van der Waals surface area contributed by atoms with Crippen LogP contribution in [0.2, 0.25) is 0 Å². The van der Waals surface area contributed by atoms with Gasteiger partial charge in [-0.25, -0.2) is 9.36 Å². The van der Waals surface area contributed by atoms with Gasteiger partial charge in [0.2, 0.25) is 0 Å². The molecule has 0 saturated carbocycles. The number of hydrogen-bond donors (Lipinski definition) is 5. The minimum Gasteiger partial charge on any atom is -0.460 e. The van der Waals surface area contributed by atoms with Crippen LogP contribution in [0.3, 0.4) is 0 Å². The largest absolute Gasteiger partial charge is 0.460 e. The number of carbonyl (C=O) groups excluding carboxylic acids is 1. The molecule has 1 unspecified atom stereocenters. The minimum absolute atomic E-state index is 0.00465. The molecule has 16 heteroatoms. The first kappa shape index (κ1) is 30.8. The highest BCUT2D eigenvalue weighted by Gasteiger charge is 2.54. The zero-order valence-corrected chi connectivity index (χ0v) is 23.0. The van der Waals surface area contributed by atoms with Crippen LogP contribution in [0.5, 0.6) is 5.75 Å². The third-order valence-electron chi connectivity index (χ3n) is 6.20. The molecule has 15 nitrogen and oxygen atoms in total. The minimum atomic E-state index is -4.61. The van der Waals surface area contributed by atoms with Crippen LogP contribution in [0.4, 0.5) is 0 Å². The fraction of sp³-hybridized carbons (Fsp3) is 0.308. The standard InChI is InChI=1S/C26H28N5O10P/c1-16(24(35)38-14-17-7-3-2-4-8-17)30-42(37,41-19-10-6-5-9-18(19)13-27)39-15-26(28)22(34)21(33)23(40-26)31-12-11-20(32)29-25(31)36/h2-12,16,21-23,33-34H,14-15,28H2,1H3,(H,30,37)(H,29,32,36)/t16-,21+,22-,23+,26+,42?/m0/s1. The van der Waals surface area contributed by atoms with Gasteiger partial charge in [-0.2, -0.15) is 10.3 Å². The fourth-order valence-electron chi connectivity index (χ4n) is 3.97. The number of aromatic amines is 1. The Morgan fingerprint density at radius 1 is 1.21 bits per heavy atom. The number of ether oxygens (including phenoxy) is 2. The maximum absolute atomic E-state index is 13.9. The number of nitrogens with two attached hydrogens (primary N) is 1. The molecule has 2 heterocycles. The topological polar surface area (TPSA) is 228 Å². The number of aliphatic hydroxyl groups is 2. The summed E-state index contributed by atoms with van der Waals surface area (Å²) in [6.07, 6.45) is -4.18. The van der Waals surface area contributed by atoms with E-state index >= 15 is 0 Å². The van der Waals surface area contributed by atoms with E-state index in [1.54, 1.807) is 36.4 Å². The van der Waals surface area contributed by atoms with Crippen LogP contribution < -0.4 is 26.6 Å². The Labute approximate surface area is 238 Å². The van der Waals surface area contributed by atoms with Gasteiger partial charge in [0.05, 0.1) is 5.56 Å². The molecule has 0 aliphatic carbocycles. The van der Waals surface area contributed by atoms with Crippen molar-refractivity contribution in [2.75, 3.05) is 6.61 Å². The molecule has 0 radical (unpaired) electrons. The van der Waals surface area contributed by atoms with E-state index in [2.05, 4.69) is 5.09 Å². The van der Waals surface area contributed by atoms with Crippen LogP contribution in [0.25, 0.3) is 0 Å². The number of carbonyl (C=O) groups is 1. The Morgan fingerprint density at radius 2 is 1.90 bits per heavy atom. The zero-order valence-electron chi connectivity index (χ0n) is 22.2. The van der Waals surface area contributed by atoms with E-state index in [-0.39, 0.29) is 17.9 Å². The average molecular weight is 602 g/mol. The molecule has 0 amide bonds. The van der Waals surface area contributed by atoms with Crippen molar-refractivity contribution in [3.63, 3.8) is 0 Å². The molecule has 1 saturated heterocycles. The van der Waals surface area contributed by atoms with Gasteiger partial charge in [-0.15, -0.1) is 0 Å². The molecule has 4 rings (SSSR count). The second-order valence-electron chi connectivity index (χ2n) is 9.33. The first-order valence-corrected chi connectivity index (χ1v) is 14.0. The summed E-state index contributed by atoms with van der Waals surface area (Å²) < 4.78 is 36.6. The quantitative estimate of drug-likeness (QED) is 0.147. The molecule has 1 fully saturated rings. The lowest BCUT2D eigenvalue weighted by atomic mass is 10.1. The predicted octanol–water partition coefficient (Wildman–Crippen LogP) is 0.239. The highest BCUT2D eigenvalue weighted by atomic mass is 31.2. The van der Waals surface area contributed by atoms with Crippen LogP contribution in [-0.4, -0.2) is 56.3 Å². The maximum Gasteiger partial charge on any atom is 0.459 e. The zero-order chi connectivity index (χ0) is 30.5. The average Bonchev–Trinajstić information content (AvgIpc) is 3.20. The predicted molar refractivity (Wildman–Crippen MR) is 145 cm³/mol. The maximum atomic E-state index is 13.9. The van der Waals surface area contributed by atoms with Crippen LogP contribution >= 0.6 is 7.75 Å². The number of nitrogens with zero attached hydrogens (tertiary/aromatic N) is 2. The van der Waals surface area contributed by atoms with Crippen molar-refractivity contribution in [3.05, 3.63) is 98.8 Å². The highest BCUT2D eigenvalue weighted by Crippen LogP contribution is 2.47. The van der Waals surface area contributed by atoms with E-state index in [4.69, 9.17) is 24.3 Å². The van der Waals surface area contributed by atoms with E-state index in [1.807, 2.05) is 11.1 Å². The van der Waals surface area contributed by atoms with Crippen molar-refractivity contribution < 1.29 is 38.1 Å². The second kappa shape index (κ2) is 12.8. The molecule has 6 atom stereocenters. The van der Waals surface area contributed by atoms with E-state index in [9.17, 15) is 34.4 Å². The van der Waals surface area contributed by atoms with Crippen LogP contribution in [-0.2, 0) is 30.0 Å². The molecule has 1 aliphatic heterocycles. The first-order chi connectivity index (χ1) is 19.9. The van der Waals surface area contributed by atoms with Gasteiger partial charge < -0.3 is 24.2 Å². The third kappa shape index (κ3) is 7.01. The highest BCUT2D eigenvalue weighted by molar-refractivity contribution is 7.52. The van der Waals surface area contributed by atoms with Crippen LogP contribution in [0.15, 0.2) is 76.4 Å². The molecule has 0 spiro atoms. The van der Waals surface area contributed by atoms with Gasteiger partial charge in [-0.1, -0.05) is 42.5 Å². The smallest absolute Gasteiger partial charge is 0.459 e. The van der Waals surface area contributed by atoms with Gasteiger partial charge in [-0.3, -0.25) is 29.4 Å². The summed E-state index contributed by atoms with van der Waals surface area (Å²) in [5, 5.41) is 33.1. The van der Waals surface area contributed by atoms with Crippen LogP contribution in [0, 0.1) is 11.3 Å². The summed E-state index contributed by atoms with van der Waals surface area (Å²) >= 11 is 0. The fourth-order valence-corrected chi connectivity index (χ4v) is 5.51. The lowest BCUT2D eigenvalue weighted by Crippen LogP contribution is -2.54. The molecule has 1 aliphatic rings. The van der Waals surface area contributed by atoms with Gasteiger partial charge in [0.1, 0.15) is 43.3 Å². The molecule has 3 aromatic rings. The molecule has 2 aromatic carbocycles. The number of rotatable bonds is 11. The Morgan fingerprint density at radius 3 is 2.60 bits per heavy atom. The monoisotopic (exact) mass is 601 g/mol. The number of H-pyrrole nitrogens is 1. The molecule has 1 aromatic heterocycles. The molecular weight excluding hydrogens is 573 g/mol. The van der Waals surface area contributed by atoms with Gasteiger partial charge >= 0.3 is 19.4 Å². The molecular formula is C26H28N5O10P. The molecule has 0 bridgehead atoms. The van der Waals surface area contributed by atoms with Crippen molar-refractivity contribution in [1.82, 2.24) is 14.6 Å². The Balaban J connectivity index is 1.54. The van der Waals surface area contributed by atoms with E-state index in [0.29, 0.717) is 5.56 Å². The number of nitrogens with one attached hydrogen (secondary N) is 2. The van der Waals surface area contributed by atoms with Crippen LogP contribution in [0.1, 0.15) is 24.3 Å². The van der Waals surface area contributed by atoms with Crippen molar-refractivity contribution >= 4 is 13.7 Å². The number of benzene rings is 2. The summed E-state index contributed by atoms with van der Waals surface area (Å²) in [5.74, 6) is -0.968. The summed E-state index contributed by atoms with van der Waals surface area (Å²) in [6.45, 7) is 0.374. The van der Waals surface area contributed by atoms with Gasteiger partial charge in [0.25, 0.3) is 5.56 Å². The van der Waals surface area contributed by atoms with Crippen molar-refractivity contribution in [1.29, 1.82) is 5.26 Å². The Kier molecular flexibility index (Phi) is 9.40. The normalized spacial score (nSPS) is 23.8. The molecule has 6 N–H and O–H groups in total. The number of hydrogen-bond acceptors (Lipinski definition) is 12. The van der Waals surface area contributed by atoms with Gasteiger partial charge in [0.15, 0.2) is 12.0 Å². The Bertz CT molecular complexity index is 1620. The summed E-state index contributed by atoms with van der Waals surface area (Å²) in [4.78, 5) is 38.3. The molecule has 42 heavy (non-hydrogen) atoms. The summed E-state index contributed by atoms with van der Waals surface area (Å²) in [7, 11) is -4.61. The SMILES string of the molecule is C[C@H](NP(=O)(OC[C@@]1(N)O[C@@H](n2ccc(=O)[nH]c2=O)[C@H](O)[C@@H]1O)Oc1ccccc1C#N)C(=O)OCc1ccccc1. The van der Waals surface area contributed by atoms with Crippen molar-refractivity contribution in [3.8, 4) is 11.8 Å². The number of para-hydroxylation sites is 1. The number of esters is 1. The van der Waals surface area contributed by atoms with E-state index in [1.165, 1.54) is 25.1 Å². The summed E-state index contributed by atoms with van der Waals surface area (Å²) in [5.41, 5.74) is 2.96. The van der Waals surface area contributed by atoms with Gasteiger partial charge in [0, 0.05) is 12.3 Å². The van der Waals surface area contributed by atoms with Crippen molar-refractivity contribution in [2.45, 2.75) is 43.7 Å². The lowest BCUT2D eigenvalue weighted by molar-refractivity contribution is -0.146. The number of nitriles is 1. The van der Waals surface area contributed by atoms with E-state index in [0.717, 1.165) is 16.8 Å².